The van der Waals surface area contributed by atoms with Crippen LogP contribution in [0.3, 0.4) is 0 Å². The summed E-state index contributed by atoms with van der Waals surface area (Å²) in [6, 6.07) is 0.0577. The minimum absolute atomic E-state index is 0.00191. The van der Waals surface area contributed by atoms with Crippen molar-refractivity contribution in [3.8, 4) is 0 Å². The summed E-state index contributed by atoms with van der Waals surface area (Å²) in [5.41, 5.74) is 5.56. The molecule has 0 aromatic rings. The molecule has 1 amide bonds. The quantitative estimate of drug-likeness (QED) is 0.825. The van der Waals surface area contributed by atoms with E-state index in [4.69, 9.17) is 10.5 Å². The molecule has 1 aliphatic rings. The summed E-state index contributed by atoms with van der Waals surface area (Å²) >= 11 is 0. The lowest BCUT2D eigenvalue weighted by atomic mass is 9.75. The zero-order chi connectivity index (χ0) is 15.1. The first-order valence-corrected chi connectivity index (χ1v) is 7.17. The van der Waals surface area contributed by atoms with Crippen LogP contribution in [-0.4, -0.2) is 23.3 Å². The van der Waals surface area contributed by atoms with E-state index in [9.17, 15) is 4.79 Å². The summed E-state index contributed by atoms with van der Waals surface area (Å²) in [5.74, 6) is 0.331. The molecule has 1 atom stereocenters. The molecule has 0 spiro atoms. The zero-order valence-electron chi connectivity index (χ0n) is 13.5. The van der Waals surface area contributed by atoms with Crippen molar-refractivity contribution in [1.29, 1.82) is 0 Å². The van der Waals surface area contributed by atoms with E-state index >= 15 is 0 Å². The van der Waals surface area contributed by atoms with Crippen molar-refractivity contribution in [1.82, 2.24) is 5.32 Å². The highest BCUT2D eigenvalue weighted by Gasteiger charge is 2.58. The molecule has 3 N–H and O–H groups in total. The van der Waals surface area contributed by atoms with E-state index in [-0.39, 0.29) is 23.1 Å². The van der Waals surface area contributed by atoms with Crippen molar-refractivity contribution in [2.45, 2.75) is 78.5 Å². The number of amides is 1. The minimum atomic E-state index is -0.472. The van der Waals surface area contributed by atoms with Crippen molar-refractivity contribution in [3.05, 3.63) is 0 Å². The van der Waals surface area contributed by atoms with Gasteiger partial charge in [-0.3, -0.25) is 0 Å². The highest BCUT2D eigenvalue weighted by molar-refractivity contribution is 5.68. The van der Waals surface area contributed by atoms with Gasteiger partial charge >= 0.3 is 6.09 Å². The predicted molar refractivity (Wildman–Crippen MR) is 77.9 cm³/mol. The molecule has 0 radical (unpaired) electrons. The summed E-state index contributed by atoms with van der Waals surface area (Å²) in [6.07, 6.45) is 1.78. The van der Waals surface area contributed by atoms with Crippen LogP contribution in [0.15, 0.2) is 0 Å². The van der Waals surface area contributed by atoms with Crippen LogP contribution in [0.2, 0.25) is 0 Å². The molecule has 0 saturated heterocycles. The van der Waals surface area contributed by atoms with Gasteiger partial charge in [0.15, 0.2) is 0 Å². The monoisotopic (exact) mass is 270 g/mol. The number of nitrogens with two attached hydrogens (primary N) is 1. The first-order chi connectivity index (χ1) is 8.39. The van der Waals surface area contributed by atoms with Crippen LogP contribution in [0.5, 0.6) is 0 Å². The van der Waals surface area contributed by atoms with Gasteiger partial charge in [0.25, 0.3) is 0 Å². The SMILES string of the molecule is CC(C)C(NC(=O)OC(C)(C)C)C1(C(C)(C)N)CC1. The topological polar surface area (TPSA) is 64.3 Å². The maximum absolute atomic E-state index is 12.0. The molecule has 1 rings (SSSR count). The van der Waals surface area contributed by atoms with E-state index in [1.165, 1.54) is 0 Å². The molecular weight excluding hydrogens is 240 g/mol. The van der Waals surface area contributed by atoms with Gasteiger partial charge in [0.05, 0.1) is 0 Å². The molecule has 1 saturated carbocycles. The third kappa shape index (κ3) is 3.85. The van der Waals surface area contributed by atoms with Gasteiger partial charge in [-0.15, -0.1) is 0 Å². The fraction of sp³-hybridized carbons (Fsp3) is 0.933. The summed E-state index contributed by atoms with van der Waals surface area (Å²) in [6.45, 7) is 13.9. The smallest absolute Gasteiger partial charge is 0.407 e. The lowest BCUT2D eigenvalue weighted by Gasteiger charge is -2.40. The first-order valence-electron chi connectivity index (χ1n) is 7.17. The highest BCUT2D eigenvalue weighted by Crippen LogP contribution is 2.57. The molecule has 1 unspecified atom stereocenters. The number of nitrogens with one attached hydrogen (secondary N) is 1. The molecular formula is C15H30N2O2. The Kier molecular flexibility index (Phi) is 4.26. The molecule has 0 aromatic carbocycles. The fourth-order valence-corrected chi connectivity index (χ4v) is 2.87. The van der Waals surface area contributed by atoms with Crippen LogP contribution in [0, 0.1) is 11.3 Å². The fourth-order valence-electron chi connectivity index (χ4n) is 2.87. The number of ether oxygens (including phenoxy) is 1. The van der Waals surface area contributed by atoms with Gasteiger partial charge in [-0.05, 0) is 53.4 Å². The number of carbonyl (C=O) groups excluding carboxylic acids is 1. The van der Waals surface area contributed by atoms with Crippen LogP contribution in [0.1, 0.15) is 61.3 Å². The summed E-state index contributed by atoms with van der Waals surface area (Å²) < 4.78 is 5.36. The minimum Gasteiger partial charge on any atom is -0.444 e. The summed E-state index contributed by atoms with van der Waals surface area (Å²) in [4.78, 5) is 12.0. The first kappa shape index (κ1) is 16.3. The number of alkyl carbamates (subject to hydrolysis) is 1. The van der Waals surface area contributed by atoms with Crippen molar-refractivity contribution >= 4 is 6.09 Å². The van der Waals surface area contributed by atoms with Crippen molar-refractivity contribution in [2.24, 2.45) is 17.1 Å². The molecule has 1 fully saturated rings. The summed E-state index contributed by atoms with van der Waals surface area (Å²) in [5, 5.41) is 3.04. The molecule has 4 nitrogen and oxygen atoms in total. The van der Waals surface area contributed by atoms with Crippen LogP contribution < -0.4 is 11.1 Å². The van der Waals surface area contributed by atoms with Gasteiger partial charge in [-0.2, -0.15) is 0 Å². The van der Waals surface area contributed by atoms with Gasteiger partial charge in [0, 0.05) is 17.0 Å². The third-order valence-corrected chi connectivity index (χ3v) is 4.01. The molecule has 0 aromatic heterocycles. The Labute approximate surface area is 117 Å². The van der Waals surface area contributed by atoms with E-state index in [1.807, 2.05) is 34.6 Å². The standard InChI is InChI=1S/C15H30N2O2/c1-10(2)11(15(8-9-15)14(6,7)16)17-12(18)19-13(3,4)5/h10-11H,8-9,16H2,1-7H3,(H,17,18). The van der Waals surface area contributed by atoms with E-state index in [0.717, 1.165) is 12.8 Å². The van der Waals surface area contributed by atoms with Gasteiger partial charge in [0.2, 0.25) is 0 Å². The van der Waals surface area contributed by atoms with E-state index in [2.05, 4.69) is 19.2 Å². The number of rotatable bonds is 4. The van der Waals surface area contributed by atoms with E-state index in [1.54, 1.807) is 0 Å². The lowest BCUT2D eigenvalue weighted by Crippen LogP contribution is -2.57. The van der Waals surface area contributed by atoms with E-state index in [0.29, 0.717) is 5.92 Å². The number of hydrogen-bond acceptors (Lipinski definition) is 3. The summed E-state index contributed by atoms with van der Waals surface area (Å²) in [7, 11) is 0. The molecule has 0 bridgehead atoms. The van der Waals surface area contributed by atoms with Gasteiger partial charge in [-0.1, -0.05) is 13.8 Å². The molecule has 1 aliphatic carbocycles. The van der Waals surface area contributed by atoms with Crippen molar-refractivity contribution in [2.75, 3.05) is 0 Å². The van der Waals surface area contributed by atoms with E-state index < -0.39 is 5.60 Å². The zero-order valence-corrected chi connectivity index (χ0v) is 13.5. The maximum Gasteiger partial charge on any atom is 0.407 e. The third-order valence-electron chi connectivity index (χ3n) is 4.01. The lowest BCUT2D eigenvalue weighted by molar-refractivity contribution is 0.0427. The Morgan fingerprint density at radius 3 is 1.95 bits per heavy atom. The molecule has 0 heterocycles. The second-order valence-electron chi connectivity index (χ2n) is 7.75. The Morgan fingerprint density at radius 1 is 1.21 bits per heavy atom. The Bertz CT molecular complexity index is 333. The Balaban J connectivity index is 2.79. The number of hydrogen-bond donors (Lipinski definition) is 2. The molecule has 0 aliphatic heterocycles. The van der Waals surface area contributed by atoms with Crippen LogP contribution in [0.4, 0.5) is 4.79 Å². The molecule has 4 heteroatoms. The van der Waals surface area contributed by atoms with Gasteiger partial charge in [-0.25, -0.2) is 4.79 Å². The van der Waals surface area contributed by atoms with Gasteiger partial charge < -0.3 is 15.8 Å². The molecule has 19 heavy (non-hydrogen) atoms. The maximum atomic E-state index is 12.0. The Morgan fingerprint density at radius 2 is 1.68 bits per heavy atom. The van der Waals surface area contributed by atoms with Crippen LogP contribution in [-0.2, 0) is 4.74 Å². The van der Waals surface area contributed by atoms with Crippen molar-refractivity contribution < 1.29 is 9.53 Å². The van der Waals surface area contributed by atoms with Crippen molar-refractivity contribution in [3.63, 3.8) is 0 Å². The number of carbonyl (C=O) groups is 1. The van der Waals surface area contributed by atoms with Gasteiger partial charge in [0.1, 0.15) is 5.60 Å². The second kappa shape index (κ2) is 4.97. The van der Waals surface area contributed by atoms with Crippen LogP contribution >= 0.6 is 0 Å². The normalized spacial score (nSPS) is 20.1. The largest absolute Gasteiger partial charge is 0.444 e. The average Bonchev–Trinajstić information content (AvgIpc) is 2.89. The predicted octanol–water partition coefficient (Wildman–Crippen LogP) is 3.05. The van der Waals surface area contributed by atoms with Crippen LogP contribution in [0.25, 0.3) is 0 Å². The molecule has 112 valence electrons. The average molecular weight is 270 g/mol. The second-order valence-corrected chi connectivity index (χ2v) is 7.75. The highest BCUT2D eigenvalue weighted by atomic mass is 16.6. The Hall–Kier alpha value is -0.770.